The number of ether oxygens (including phenoxy) is 1. The Morgan fingerprint density at radius 1 is 1.32 bits per heavy atom. The molecule has 0 spiro atoms. The summed E-state index contributed by atoms with van der Waals surface area (Å²) in [6, 6.07) is 0. The van der Waals surface area contributed by atoms with Crippen LogP contribution in [0.4, 0.5) is 4.79 Å². The van der Waals surface area contributed by atoms with Gasteiger partial charge in [-0.3, -0.25) is 0 Å². The van der Waals surface area contributed by atoms with Crippen LogP contribution in [0.15, 0.2) is 0 Å². The van der Waals surface area contributed by atoms with E-state index in [4.69, 9.17) is 4.74 Å². The van der Waals surface area contributed by atoms with Gasteiger partial charge >= 0.3 is 6.09 Å². The Kier molecular flexibility index (Phi) is 5.20. The van der Waals surface area contributed by atoms with Gasteiger partial charge in [-0.2, -0.15) is 0 Å². The Labute approximate surface area is 114 Å². The van der Waals surface area contributed by atoms with Gasteiger partial charge in [0.1, 0.15) is 5.60 Å². The Morgan fingerprint density at radius 2 is 1.84 bits per heavy atom. The molecule has 0 aromatic rings. The van der Waals surface area contributed by atoms with E-state index in [1.54, 1.807) is 4.90 Å². The van der Waals surface area contributed by atoms with Crippen LogP contribution in [0.2, 0.25) is 0 Å². The fourth-order valence-electron chi connectivity index (χ4n) is 2.04. The average Bonchev–Trinajstić information content (AvgIpc) is 2.23. The van der Waals surface area contributed by atoms with E-state index in [0.717, 1.165) is 12.8 Å². The number of likely N-dealkylation sites (tertiary alicyclic amines) is 1. The topological polar surface area (TPSA) is 86.7 Å². The van der Waals surface area contributed by atoms with Crippen molar-refractivity contribution in [2.45, 2.75) is 45.6 Å². The number of nitrogens with zero attached hydrogens (tertiary/aromatic N) is 1. The van der Waals surface area contributed by atoms with Crippen LogP contribution < -0.4 is 0 Å². The zero-order chi connectivity index (χ0) is 14.7. The quantitative estimate of drug-likeness (QED) is 0.737. The molecule has 6 nitrogen and oxygen atoms in total. The lowest BCUT2D eigenvalue weighted by Gasteiger charge is -2.33. The highest BCUT2D eigenvalue weighted by Gasteiger charge is 2.26. The minimum Gasteiger partial charge on any atom is -0.748 e. The monoisotopic (exact) mass is 292 g/mol. The van der Waals surface area contributed by atoms with Crippen molar-refractivity contribution in [1.29, 1.82) is 0 Å². The Morgan fingerprint density at radius 3 is 2.26 bits per heavy atom. The molecule has 0 aromatic carbocycles. The highest BCUT2D eigenvalue weighted by molar-refractivity contribution is 7.85. The Balaban J connectivity index is 2.35. The molecule has 1 heterocycles. The summed E-state index contributed by atoms with van der Waals surface area (Å²) in [5, 5.41) is 0. The SMILES string of the molecule is CC(C)(C)OC(=O)N1CCC(CCS(=O)(=O)[O-])CC1. The first-order valence-electron chi connectivity index (χ1n) is 6.48. The van der Waals surface area contributed by atoms with Crippen LogP contribution in [0.25, 0.3) is 0 Å². The van der Waals surface area contributed by atoms with Gasteiger partial charge in [0.25, 0.3) is 0 Å². The van der Waals surface area contributed by atoms with E-state index in [1.807, 2.05) is 20.8 Å². The number of hydrogen-bond donors (Lipinski definition) is 0. The lowest BCUT2D eigenvalue weighted by atomic mass is 9.95. The molecule has 7 heteroatoms. The summed E-state index contributed by atoms with van der Waals surface area (Å²) in [7, 11) is -4.13. The molecule has 1 aliphatic heterocycles. The van der Waals surface area contributed by atoms with Crippen molar-refractivity contribution in [2.24, 2.45) is 5.92 Å². The van der Waals surface area contributed by atoms with E-state index in [2.05, 4.69) is 0 Å². The summed E-state index contributed by atoms with van der Waals surface area (Å²) in [5.74, 6) is -0.119. The van der Waals surface area contributed by atoms with Gasteiger partial charge in [-0.1, -0.05) is 0 Å². The molecule has 1 amide bonds. The van der Waals surface area contributed by atoms with Crippen molar-refractivity contribution in [3.05, 3.63) is 0 Å². The van der Waals surface area contributed by atoms with Crippen LogP contribution in [-0.2, 0) is 14.9 Å². The van der Waals surface area contributed by atoms with E-state index >= 15 is 0 Å². The first kappa shape index (κ1) is 16.2. The lowest BCUT2D eigenvalue weighted by molar-refractivity contribution is 0.0182. The van der Waals surface area contributed by atoms with Gasteiger partial charge in [0.2, 0.25) is 0 Å². The molecule has 1 fully saturated rings. The standard InChI is InChI=1S/C12H23NO5S/c1-12(2,3)18-11(14)13-7-4-10(5-8-13)6-9-19(15,16)17/h10H,4-9H2,1-3H3,(H,15,16,17)/p-1. The summed E-state index contributed by atoms with van der Waals surface area (Å²) in [5.41, 5.74) is -0.509. The summed E-state index contributed by atoms with van der Waals surface area (Å²) in [4.78, 5) is 13.4. The van der Waals surface area contributed by atoms with Gasteiger partial charge in [-0.25, -0.2) is 13.2 Å². The number of piperidine rings is 1. The first-order chi connectivity index (χ1) is 8.57. The summed E-state index contributed by atoms with van der Waals surface area (Å²) in [6.45, 7) is 6.56. The summed E-state index contributed by atoms with van der Waals surface area (Å²) < 4.78 is 37.0. The predicted molar refractivity (Wildman–Crippen MR) is 69.7 cm³/mol. The van der Waals surface area contributed by atoms with Crippen molar-refractivity contribution < 1.29 is 22.5 Å². The average molecular weight is 292 g/mol. The predicted octanol–water partition coefficient (Wildman–Crippen LogP) is 1.57. The van der Waals surface area contributed by atoms with Crippen molar-refractivity contribution in [3.63, 3.8) is 0 Å². The molecule has 0 atom stereocenters. The third-order valence-corrected chi connectivity index (χ3v) is 3.78. The molecule has 0 aliphatic carbocycles. The van der Waals surface area contributed by atoms with E-state index in [9.17, 15) is 17.8 Å². The van der Waals surface area contributed by atoms with Gasteiger partial charge in [-0.05, 0) is 46.0 Å². The highest BCUT2D eigenvalue weighted by atomic mass is 32.2. The molecule has 19 heavy (non-hydrogen) atoms. The zero-order valence-corrected chi connectivity index (χ0v) is 12.5. The summed E-state index contributed by atoms with van der Waals surface area (Å²) in [6.07, 6.45) is 1.49. The Hall–Kier alpha value is -0.820. The molecular weight excluding hydrogens is 270 g/mol. The van der Waals surface area contributed by atoms with E-state index in [-0.39, 0.29) is 17.8 Å². The molecule has 1 saturated heterocycles. The van der Waals surface area contributed by atoms with Crippen molar-refractivity contribution in [2.75, 3.05) is 18.8 Å². The lowest BCUT2D eigenvalue weighted by Crippen LogP contribution is -2.41. The van der Waals surface area contributed by atoms with Gasteiger partial charge < -0.3 is 14.2 Å². The maximum Gasteiger partial charge on any atom is 0.410 e. The fraction of sp³-hybridized carbons (Fsp3) is 0.917. The molecule has 0 N–H and O–H groups in total. The van der Waals surface area contributed by atoms with Crippen LogP contribution in [0.1, 0.15) is 40.0 Å². The normalized spacial score (nSPS) is 18.4. The zero-order valence-electron chi connectivity index (χ0n) is 11.7. The molecular formula is C12H22NO5S-. The second kappa shape index (κ2) is 6.09. The molecule has 1 aliphatic rings. The Bertz CT molecular complexity index is 404. The maximum absolute atomic E-state index is 11.8. The van der Waals surface area contributed by atoms with E-state index in [1.165, 1.54) is 0 Å². The van der Waals surface area contributed by atoms with Gasteiger partial charge in [0.15, 0.2) is 0 Å². The molecule has 0 radical (unpaired) electrons. The molecule has 1 rings (SSSR count). The van der Waals surface area contributed by atoms with Gasteiger partial charge in [0.05, 0.1) is 10.1 Å². The molecule has 0 unspecified atom stereocenters. The minimum absolute atomic E-state index is 0.197. The number of rotatable bonds is 3. The van der Waals surface area contributed by atoms with Crippen LogP contribution in [-0.4, -0.2) is 48.4 Å². The van der Waals surface area contributed by atoms with Crippen molar-refractivity contribution >= 4 is 16.2 Å². The van der Waals surface area contributed by atoms with E-state index < -0.39 is 15.7 Å². The van der Waals surface area contributed by atoms with Gasteiger partial charge in [0, 0.05) is 18.8 Å². The van der Waals surface area contributed by atoms with E-state index in [0.29, 0.717) is 19.5 Å². The molecule has 112 valence electrons. The van der Waals surface area contributed by atoms with Crippen LogP contribution >= 0.6 is 0 Å². The van der Waals surface area contributed by atoms with Crippen molar-refractivity contribution in [3.8, 4) is 0 Å². The summed E-state index contributed by atoms with van der Waals surface area (Å²) >= 11 is 0. The smallest absolute Gasteiger partial charge is 0.410 e. The molecule has 0 bridgehead atoms. The number of hydrogen-bond acceptors (Lipinski definition) is 5. The third-order valence-electron chi connectivity index (χ3n) is 3.04. The number of amides is 1. The van der Waals surface area contributed by atoms with Crippen LogP contribution in [0.5, 0.6) is 0 Å². The van der Waals surface area contributed by atoms with Crippen molar-refractivity contribution in [1.82, 2.24) is 4.90 Å². The molecule has 0 aromatic heterocycles. The van der Waals surface area contributed by atoms with Gasteiger partial charge in [-0.15, -0.1) is 0 Å². The highest BCUT2D eigenvalue weighted by Crippen LogP contribution is 2.22. The first-order valence-corrected chi connectivity index (χ1v) is 8.06. The minimum atomic E-state index is -4.13. The fourth-order valence-corrected chi connectivity index (χ4v) is 2.66. The molecule has 0 saturated carbocycles. The number of carbonyl (C=O) groups excluding carboxylic acids is 1. The van der Waals surface area contributed by atoms with Crippen LogP contribution in [0.3, 0.4) is 0 Å². The van der Waals surface area contributed by atoms with Crippen LogP contribution in [0, 0.1) is 5.92 Å². The number of carbonyl (C=O) groups is 1. The second-order valence-electron chi connectivity index (χ2n) is 5.96. The second-order valence-corrected chi connectivity index (χ2v) is 7.48. The largest absolute Gasteiger partial charge is 0.748 e. The third kappa shape index (κ3) is 6.77. The maximum atomic E-state index is 11.8.